The molecule has 0 radical (unpaired) electrons. The first-order valence-electron chi connectivity index (χ1n) is 7.65. The standard InChI is InChI=1S/C16H22N2O3/c1-2-18(10-16(19)17-12-7-8-12)9-13-11-20-14-5-3-4-6-15(14)21-13/h3-6,12-13H,2,7-11H2,1H3,(H,17,19). The molecule has 1 saturated carbocycles. The average molecular weight is 290 g/mol. The molecule has 1 unspecified atom stereocenters. The van der Waals surface area contributed by atoms with Gasteiger partial charge in [-0.15, -0.1) is 0 Å². The summed E-state index contributed by atoms with van der Waals surface area (Å²) in [5, 5.41) is 3.02. The molecule has 114 valence electrons. The number of nitrogens with one attached hydrogen (secondary N) is 1. The van der Waals surface area contributed by atoms with Gasteiger partial charge in [-0.2, -0.15) is 0 Å². The highest BCUT2D eigenvalue weighted by molar-refractivity contribution is 5.78. The summed E-state index contributed by atoms with van der Waals surface area (Å²) in [5.74, 6) is 1.69. The number of carbonyl (C=O) groups is 1. The number of benzene rings is 1. The highest BCUT2D eigenvalue weighted by Gasteiger charge is 2.26. The minimum atomic E-state index is -0.0337. The molecule has 0 aromatic heterocycles. The van der Waals surface area contributed by atoms with Gasteiger partial charge in [0.2, 0.25) is 5.91 Å². The Morgan fingerprint density at radius 1 is 1.33 bits per heavy atom. The largest absolute Gasteiger partial charge is 0.486 e. The summed E-state index contributed by atoms with van der Waals surface area (Å²) >= 11 is 0. The van der Waals surface area contributed by atoms with Gasteiger partial charge < -0.3 is 14.8 Å². The predicted molar refractivity (Wildman–Crippen MR) is 79.6 cm³/mol. The molecular weight excluding hydrogens is 268 g/mol. The Kier molecular flexibility index (Phi) is 4.29. The van der Waals surface area contributed by atoms with Crippen LogP contribution in [0.1, 0.15) is 19.8 Å². The van der Waals surface area contributed by atoms with E-state index < -0.39 is 0 Å². The maximum Gasteiger partial charge on any atom is 0.234 e. The van der Waals surface area contributed by atoms with Crippen LogP contribution in [0.4, 0.5) is 0 Å². The number of rotatable bonds is 6. The zero-order valence-electron chi connectivity index (χ0n) is 12.4. The van der Waals surface area contributed by atoms with E-state index in [1.807, 2.05) is 24.3 Å². The first kappa shape index (κ1) is 14.2. The number of amides is 1. The van der Waals surface area contributed by atoms with Gasteiger partial charge in [-0.25, -0.2) is 0 Å². The van der Waals surface area contributed by atoms with Crippen LogP contribution in [0.3, 0.4) is 0 Å². The summed E-state index contributed by atoms with van der Waals surface area (Å²) in [4.78, 5) is 14.0. The molecule has 1 aliphatic carbocycles. The van der Waals surface area contributed by atoms with E-state index in [9.17, 15) is 4.79 Å². The highest BCUT2D eigenvalue weighted by Crippen LogP contribution is 2.30. The molecule has 0 spiro atoms. The van der Waals surface area contributed by atoms with E-state index in [-0.39, 0.29) is 12.0 Å². The fraction of sp³-hybridized carbons (Fsp3) is 0.562. The molecule has 1 aromatic rings. The van der Waals surface area contributed by atoms with E-state index in [0.717, 1.165) is 30.9 Å². The lowest BCUT2D eigenvalue weighted by molar-refractivity contribution is -0.122. The van der Waals surface area contributed by atoms with Crippen LogP contribution in [0.25, 0.3) is 0 Å². The molecule has 5 nitrogen and oxygen atoms in total. The van der Waals surface area contributed by atoms with Crippen LogP contribution in [0.15, 0.2) is 24.3 Å². The zero-order chi connectivity index (χ0) is 14.7. The third-order valence-corrected chi connectivity index (χ3v) is 3.79. The Balaban J connectivity index is 1.51. The molecule has 1 heterocycles. The molecule has 5 heteroatoms. The zero-order valence-corrected chi connectivity index (χ0v) is 12.4. The monoisotopic (exact) mass is 290 g/mol. The van der Waals surface area contributed by atoms with E-state index >= 15 is 0 Å². The minimum Gasteiger partial charge on any atom is -0.486 e. The van der Waals surface area contributed by atoms with Gasteiger partial charge in [0.15, 0.2) is 11.5 Å². The lowest BCUT2D eigenvalue weighted by Crippen LogP contribution is -2.45. The molecule has 1 amide bonds. The van der Waals surface area contributed by atoms with Crippen LogP contribution >= 0.6 is 0 Å². The first-order valence-corrected chi connectivity index (χ1v) is 7.65. The third kappa shape index (κ3) is 3.88. The normalized spacial score (nSPS) is 20.4. The van der Waals surface area contributed by atoms with Crippen molar-refractivity contribution in [3.63, 3.8) is 0 Å². The van der Waals surface area contributed by atoms with Crippen LogP contribution in [0.5, 0.6) is 11.5 Å². The maximum atomic E-state index is 11.9. The molecular formula is C16H22N2O3. The van der Waals surface area contributed by atoms with Crippen molar-refractivity contribution < 1.29 is 14.3 Å². The second kappa shape index (κ2) is 6.35. The Labute approximate surface area is 125 Å². The van der Waals surface area contributed by atoms with E-state index in [2.05, 4.69) is 17.1 Å². The van der Waals surface area contributed by atoms with Gasteiger partial charge in [-0.05, 0) is 31.5 Å². The number of hydrogen-bond donors (Lipinski definition) is 1. The van der Waals surface area contributed by atoms with Gasteiger partial charge in [-0.1, -0.05) is 19.1 Å². The fourth-order valence-electron chi connectivity index (χ4n) is 2.45. The number of likely N-dealkylation sites (N-methyl/N-ethyl adjacent to an activating group) is 1. The number of nitrogens with zero attached hydrogens (tertiary/aromatic N) is 1. The van der Waals surface area contributed by atoms with Crippen LogP contribution in [-0.2, 0) is 4.79 Å². The Bertz CT molecular complexity index is 502. The summed E-state index contributed by atoms with van der Waals surface area (Å²) < 4.78 is 11.6. The fourth-order valence-corrected chi connectivity index (χ4v) is 2.45. The molecule has 1 aromatic carbocycles. The lowest BCUT2D eigenvalue weighted by atomic mass is 10.2. The maximum absolute atomic E-state index is 11.9. The van der Waals surface area contributed by atoms with Gasteiger partial charge in [0, 0.05) is 12.6 Å². The topological polar surface area (TPSA) is 50.8 Å². The Morgan fingerprint density at radius 3 is 2.81 bits per heavy atom. The Morgan fingerprint density at radius 2 is 2.10 bits per heavy atom. The minimum absolute atomic E-state index is 0.0337. The van der Waals surface area contributed by atoms with Crippen molar-refractivity contribution in [2.24, 2.45) is 0 Å². The number of fused-ring (bicyclic) bond motifs is 1. The molecule has 21 heavy (non-hydrogen) atoms. The van der Waals surface area contributed by atoms with Crippen LogP contribution in [0.2, 0.25) is 0 Å². The molecule has 0 bridgehead atoms. The van der Waals surface area contributed by atoms with Gasteiger partial charge in [0.05, 0.1) is 6.54 Å². The summed E-state index contributed by atoms with van der Waals surface area (Å²) in [7, 11) is 0. The van der Waals surface area contributed by atoms with Gasteiger partial charge >= 0.3 is 0 Å². The predicted octanol–water partition coefficient (Wildman–Crippen LogP) is 1.43. The van der Waals surface area contributed by atoms with Gasteiger partial charge in [-0.3, -0.25) is 9.69 Å². The summed E-state index contributed by atoms with van der Waals surface area (Å²) in [5.41, 5.74) is 0. The quantitative estimate of drug-likeness (QED) is 0.861. The van der Waals surface area contributed by atoms with Crippen LogP contribution in [0, 0.1) is 0 Å². The van der Waals surface area contributed by atoms with Crippen molar-refractivity contribution in [2.75, 3.05) is 26.2 Å². The van der Waals surface area contributed by atoms with Crippen molar-refractivity contribution in [1.29, 1.82) is 0 Å². The molecule has 3 rings (SSSR count). The van der Waals surface area contributed by atoms with Crippen molar-refractivity contribution >= 4 is 5.91 Å². The number of carbonyl (C=O) groups excluding carboxylic acids is 1. The van der Waals surface area contributed by atoms with Crippen LogP contribution in [-0.4, -0.2) is 49.2 Å². The van der Waals surface area contributed by atoms with Gasteiger partial charge in [0.25, 0.3) is 0 Å². The molecule has 1 atom stereocenters. The molecule has 1 N–H and O–H groups in total. The van der Waals surface area contributed by atoms with Crippen LogP contribution < -0.4 is 14.8 Å². The average Bonchev–Trinajstić information content (AvgIpc) is 3.30. The second-order valence-electron chi connectivity index (χ2n) is 5.67. The first-order chi connectivity index (χ1) is 10.2. The van der Waals surface area contributed by atoms with Crippen molar-refractivity contribution in [3.05, 3.63) is 24.3 Å². The second-order valence-corrected chi connectivity index (χ2v) is 5.67. The summed E-state index contributed by atoms with van der Waals surface area (Å²) in [6, 6.07) is 8.11. The van der Waals surface area contributed by atoms with Gasteiger partial charge in [0.1, 0.15) is 12.7 Å². The Hall–Kier alpha value is -1.75. The van der Waals surface area contributed by atoms with E-state index in [4.69, 9.17) is 9.47 Å². The van der Waals surface area contributed by atoms with E-state index in [1.165, 1.54) is 0 Å². The van der Waals surface area contributed by atoms with E-state index in [0.29, 0.717) is 25.7 Å². The number of hydrogen-bond acceptors (Lipinski definition) is 4. The molecule has 2 aliphatic rings. The highest BCUT2D eigenvalue weighted by atomic mass is 16.6. The summed E-state index contributed by atoms with van der Waals surface area (Å²) in [6.07, 6.45) is 2.20. The number of ether oxygens (including phenoxy) is 2. The van der Waals surface area contributed by atoms with Crippen molar-refractivity contribution in [1.82, 2.24) is 10.2 Å². The van der Waals surface area contributed by atoms with Crippen molar-refractivity contribution in [3.8, 4) is 11.5 Å². The van der Waals surface area contributed by atoms with E-state index in [1.54, 1.807) is 0 Å². The lowest BCUT2D eigenvalue weighted by Gasteiger charge is -2.30. The SMILES string of the molecule is CCN(CC(=O)NC1CC1)CC1COc2ccccc2O1. The molecule has 1 fully saturated rings. The molecule has 1 aliphatic heterocycles. The number of para-hydroxylation sites is 2. The smallest absolute Gasteiger partial charge is 0.234 e. The van der Waals surface area contributed by atoms with Crippen molar-refractivity contribution in [2.45, 2.75) is 31.9 Å². The third-order valence-electron chi connectivity index (χ3n) is 3.79. The molecule has 0 saturated heterocycles. The summed E-state index contributed by atoms with van der Waals surface area (Å²) in [6.45, 7) is 4.52.